The van der Waals surface area contributed by atoms with Crippen LogP contribution >= 0.6 is 15.9 Å². The van der Waals surface area contributed by atoms with Gasteiger partial charge in [0.2, 0.25) is 0 Å². The van der Waals surface area contributed by atoms with Crippen LogP contribution < -0.4 is 0 Å². The van der Waals surface area contributed by atoms with Crippen molar-refractivity contribution < 1.29 is 13.2 Å². The molecular formula is C13H9BrF3N. The molecule has 0 spiro atoms. The predicted molar refractivity (Wildman–Crippen MR) is 66.2 cm³/mol. The molecule has 0 amide bonds. The summed E-state index contributed by atoms with van der Waals surface area (Å²) in [4.78, 5) is 3.45. The number of rotatable bonds is 2. The van der Waals surface area contributed by atoms with Crippen molar-refractivity contribution in [3.63, 3.8) is 0 Å². The number of alkyl halides is 3. The smallest absolute Gasteiger partial charge is 0.251 e. The lowest BCUT2D eigenvalue weighted by molar-refractivity contribution is -0.141. The Hall–Kier alpha value is -1.36. The van der Waals surface area contributed by atoms with Crippen LogP contribution in [0.4, 0.5) is 13.2 Å². The van der Waals surface area contributed by atoms with Gasteiger partial charge < -0.3 is 0 Å². The molecule has 0 N–H and O–H groups in total. The Morgan fingerprint density at radius 1 is 1.06 bits per heavy atom. The Morgan fingerprint density at radius 2 is 1.72 bits per heavy atom. The maximum absolute atomic E-state index is 12.8. The van der Waals surface area contributed by atoms with Crippen LogP contribution in [0.3, 0.4) is 0 Å². The van der Waals surface area contributed by atoms with Crippen LogP contribution in [0.25, 0.3) is 0 Å². The lowest BCUT2D eigenvalue weighted by Gasteiger charge is -2.13. The molecular weight excluding hydrogens is 307 g/mol. The summed E-state index contributed by atoms with van der Waals surface area (Å²) in [5, 5.41) is 0. The zero-order valence-corrected chi connectivity index (χ0v) is 10.8. The topological polar surface area (TPSA) is 12.9 Å². The predicted octanol–water partition coefficient (Wildman–Crippen LogP) is 4.45. The molecule has 0 saturated heterocycles. The molecule has 0 aliphatic carbocycles. The fraction of sp³-hybridized carbons (Fsp3) is 0.154. The summed E-state index contributed by atoms with van der Waals surface area (Å²) in [5.74, 6) is 0. The third-order valence-corrected chi connectivity index (χ3v) is 3.23. The Morgan fingerprint density at radius 3 is 2.33 bits per heavy atom. The number of hydrogen-bond acceptors (Lipinski definition) is 1. The summed E-state index contributed by atoms with van der Waals surface area (Å²) >= 11 is 3.16. The molecule has 0 unspecified atom stereocenters. The van der Waals surface area contributed by atoms with Gasteiger partial charge in [-0.05, 0) is 11.6 Å². The normalized spacial score (nSPS) is 11.6. The van der Waals surface area contributed by atoms with Crippen molar-refractivity contribution in [2.45, 2.75) is 12.6 Å². The molecule has 0 atom stereocenters. The van der Waals surface area contributed by atoms with Gasteiger partial charge in [0.15, 0.2) is 0 Å². The van der Waals surface area contributed by atoms with Gasteiger partial charge in [0, 0.05) is 22.7 Å². The third-order valence-electron chi connectivity index (χ3n) is 2.49. The number of nitrogens with zero attached hydrogens (tertiary/aromatic N) is 1. The molecule has 0 radical (unpaired) electrons. The molecule has 0 saturated carbocycles. The van der Waals surface area contributed by atoms with Crippen LogP contribution in [0.2, 0.25) is 0 Å². The Balaban J connectivity index is 2.44. The second-order valence-electron chi connectivity index (χ2n) is 3.78. The van der Waals surface area contributed by atoms with Crippen LogP contribution in [0.1, 0.15) is 16.8 Å². The van der Waals surface area contributed by atoms with Crippen LogP contribution in [0.15, 0.2) is 47.1 Å². The van der Waals surface area contributed by atoms with E-state index in [9.17, 15) is 13.2 Å². The van der Waals surface area contributed by atoms with Gasteiger partial charge in [-0.3, -0.25) is 4.98 Å². The number of aromatic nitrogens is 1. The van der Waals surface area contributed by atoms with Crippen molar-refractivity contribution in [2.75, 3.05) is 0 Å². The van der Waals surface area contributed by atoms with Crippen LogP contribution in [0, 0.1) is 0 Å². The van der Waals surface area contributed by atoms with E-state index in [-0.39, 0.29) is 12.0 Å². The number of benzene rings is 1. The largest absolute Gasteiger partial charge is 0.433 e. The van der Waals surface area contributed by atoms with Gasteiger partial charge >= 0.3 is 6.18 Å². The van der Waals surface area contributed by atoms with Gasteiger partial charge in [-0.2, -0.15) is 13.2 Å². The van der Waals surface area contributed by atoms with Gasteiger partial charge in [-0.25, -0.2) is 0 Å². The summed E-state index contributed by atoms with van der Waals surface area (Å²) in [6, 6.07) is 10.5. The highest BCUT2D eigenvalue weighted by Crippen LogP contribution is 2.34. The summed E-state index contributed by atoms with van der Waals surface area (Å²) in [7, 11) is 0. The van der Waals surface area contributed by atoms with E-state index >= 15 is 0 Å². The fourth-order valence-corrected chi connectivity index (χ4v) is 2.13. The molecule has 0 bridgehead atoms. The van der Waals surface area contributed by atoms with E-state index in [1.54, 1.807) is 24.3 Å². The first-order valence-corrected chi connectivity index (χ1v) is 6.02. The van der Waals surface area contributed by atoms with Gasteiger partial charge in [-0.1, -0.05) is 46.3 Å². The van der Waals surface area contributed by atoms with Crippen molar-refractivity contribution >= 4 is 15.9 Å². The molecule has 18 heavy (non-hydrogen) atoms. The van der Waals surface area contributed by atoms with Crippen molar-refractivity contribution in [2.24, 2.45) is 0 Å². The maximum atomic E-state index is 12.8. The first-order valence-electron chi connectivity index (χ1n) is 5.23. The monoisotopic (exact) mass is 315 g/mol. The van der Waals surface area contributed by atoms with Gasteiger partial charge in [0.25, 0.3) is 0 Å². The summed E-state index contributed by atoms with van der Waals surface area (Å²) in [6.45, 7) is 0. The first-order chi connectivity index (χ1) is 8.48. The first kappa shape index (κ1) is 13.1. The molecule has 2 aromatic rings. The van der Waals surface area contributed by atoms with Crippen molar-refractivity contribution in [3.05, 3.63) is 63.9 Å². The number of pyridine rings is 1. The second-order valence-corrected chi connectivity index (χ2v) is 4.63. The standard InChI is InChI=1S/C13H9BrF3N/c14-11-6-7-18-12(13(15,16)17)10(11)8-9-4-2-1-3-5-9/h1-7H,8H2. The molecule has 94 valence electrons. The molecule has 1 aromatic heterocycles. The highest BCUT2D eigenvalue weighted by Gasteiger charge is 2.35. The van der Waals surface area contributed by atoms with Crippen molar-refractivity contribution in [1.29, 1.82) is 0 Å². The summed E-state index contributed by atoms with van der Waals surface area (Å²) in [5.41, 5.74) is 0.147. The van der Waals surface area contributed by atoms with Crippen LogP contribution in [0.5, 0.6) is 0 Å². The van der Waals surface area contributed by atoms with E-state index in [1.165, 1.54) is 6.07 Å². The highest BCUT2D eigenvalue weighted by molar-refractivity contribution is 9.10. The number of halogens is 4. The molecule has 0 aliphatic heterocycles. The minimum absolute atomic E-state index is 0.163. The van der Waals surface area contributed by atoms with Gasteiger partial charge in [0.1, 0.15) is 5.69 Å². The second kappa shape index (κ2) is 5.10. The summed E-state index contributed by atoms with van der Waals surface area (Å²) in [6.07, 6.45) is -3.08. The third kappa shape index (κ3) is 2.90. The summed E-state index contributed by atoms with van der Waals surface area (Å²) < 4.78 is 39.0. The molecule has 5 heteroatoms. The average Bonchev–Trinajstić information content (AvgIpc) is 2.32. The van der Waals surface area contributed by atoms with E-state index in [1.807, 2.05) is 6.07 Å². The minimum Gasteiger partial charge on any atom is -0.251 e. The minimum atomic E-state index is -4.44. The van der Waals surface area contributed by atoms with E-state index in [0.717, 1.165) is 11.8 Å². The zero-order chi connectivity index (χ0) is 13.2. The van der Waals surface area contributed by atoms with Gasteiger partial charge in [0.05, 0.1) is 0 Å². The molecule has 0 fully saturated rings. The molecule has 1 heterocycles. The number of hydrogen-bond donors (Lipinski definition) is 0. The Kier molecular flexibility index (Phi) is 3.71. The molecule has 2 rings (SSSR count). The maximum Gasteiger partial charge on any atom is 0.433 e. The fourth-order valence-electron chi connectivity index (χ4n) is 1.68. The molecule has 1 aromatic carbocycles. The zero-order valence-electron chi connectivity index (χ0n) is 9.21. The Labute approximate surface area is 111 Å². The SMILES string of the molecule is FC(F)(F)c1nccc(Br)c1Cc1ccccc1. The quantitative estimate of drug-likeness (QED) is 0.797. The average molecular weight is 316 g/mol. The lowest BCUT2D eigenvalue weighted by Crippen LogP contribution is -2.12. The Bertz CT molecular complexity index is 538. The van der Waals surface area contributed by atoms with Crippen LogP contribution in [-0.2, 0) is 12.6 Å². The molecule has 0 aliphatic rings. The van der Waals surface area contributed by atoms with Crippen molar-refractivity contribution in [3.8, 4) is 0 Å². The van der Waals surface area contributed by atoms with Crippen LogP contribution in [-0.4, -0.2) is 4.98 Å². The van der Waals surface area contributed by atoms with Crippen molar-refractivity contribution in [1.82, 2.24) is 4.98 Å². The van der Waals surface area contributed by atoms with E-state index in [2.05, 4.69) is 20.9 Å². The van der Waals surface area contributed by atoms with E-state index in [0.29, 0.717) is 4.47 Å². The lowest BCUT2D eigenvalue weighted by atomic mass is 10.0. The highest BCUT2D eigenvalue weighted by atomic mass is 79.9. The van der Waals surface area contributed by atoms with Gasteiger partial charge in [-0.15, -0.1) is 0 Å². The molecule has 1 nitrogen and oxygen atoms in total. The van der Waals surface area contributed by atoms with E-state index < -0.39 is 11.9 Å². The van der Waals surface area contributed by atoms with E-state index in [4.69, 9.17) is 0 Å².